The lowest BCUT2D eigenvalue weighted by Crippen LogP contribution is -2.20. The minimum absolute atomic E-state index is 0.143. The third kappa shape index (κ3) is 6.72. The predicted molar refractivity (Wildman–Crippen MR) is 154 cm³/mol. The number of hydrogen-bond acceptors (Lipinski definition) is 7. The molecule has 5 aromatic rings. The van der Waals surface area contributed by atoms with Gasteiger partial charge in [-0.1, -0.05) is 84.9 Å². The summed E-state index contributed by atoms with van der Waals surface area (Å²) in [7, 11) is -0.378. The Morgan fingerprint density at radius 1 is 0.800 bits per heavy atom. The van der Waals surface area contributed by atoms with E-state index in [1.807, 2.05) is 91.0 Å². The van der Waals surface area contributed by atoms with Crippen LogP contribution in [0.4, 0.5) is 0 Å². The molecule has 2 aromatic heterocycles. The number of methoxy groups -OCH3 is 1. The molecule has 40 heavy (non-hydrogen) atoms. The van der Waals surface area contributed by atoms with Gasteiger partial charge < -0.3 is 13.8 Å². The highest BCUT2D eigenvalue weighted by Gasteiger charge is 2.26. The fourth-order valence-corrected chi connectivity index (χ4v) is 5.94. The van der Waals surface area contributed by atoms with E-state index in [1.165, 1.54) is 11.8 Å². The van der Waals surface area contributed by atoms with Crippen LogP contribution in [-0.4, -0.2) is 21.9 Å². The molecule has 5 rings (SSSR count). The van der Waals surface area contributed by atoms with Crippen LogP contribution in [0.15, 0.2) is 102 Å². The van der Waals surface area contributed by atoms with Crippen molar-refractivity contribution in [3.8, 4) is 5.88 Å². The van der Waals surface area contributed by atoms with Crippen LogP contribution in [0.1, 0.15) is 27.9 Å². The summed E-state index contributed by atoms with van der Waals surface area (Å²) in [6.07, 6.45) is 2.30. The van der Waals surface area contributed by atoms with E-state index in [0.29, 0.717) is 17.2 Å². The minimum atomic E-state index is -3.47. The molecule has 0 aliphatic carbocycles. The molecule has 0 N–H and O–H groups in total. The van der Waals surface area contributed by atoms with Crippen molar-refractivity contribution < 1.29 is 18.3 Å². The van der Waals surface area contributed by atoms with Gasteiger partial charge in [0, 0.05) is 24.5 Å². The van der Waals surface area contributed by atoms with Gasteiger partial charge in [-0.05, 0) is 28.3 Å². The summed E-state index contributed by atoms with van der Waals surface area (Å²) in [6.45, 7) is 0.386. The van der Waals surface area contributed by atoms with Crippen molar-refractivity contribution >= 4 is 18.4 Å². The van der Waals surface area contributed by atoms with Crippen LogP contribution >= 0.6 is 7.60 Å². The second kappa shape index (κ2) is 12.4. The molecular weight excluding hydrogens is 525 g/mol. The number of rotatable bonds is 11. The molecule has 3 aromatic carbocycles. The van der Waals surface area contributed by atoms with Crippen LogP contribution in [0, 0.1) is 0 Å². The zero-order valence-corrected chi connectivity index (χ0v) is 23.3. The van der Waals surface area contributed by atoms with Crippen LogP contribution in [0.25, 0.3) is 10.8 Å². The Morgan fingerprint density at radius 3 is 1.95 bits per heavy atom. The van der Waals surface area contributed by atoms with Gasteiger partial charge in [-0.3, -0.25) is 9.36 Å². The average Bonchev–Trinajstić information content (AvgIpc) is 2.99. The Kier molecular flexibility index (Phi) is 8.51. The summed E-state index contributed by atoms with van der Waals surface area (Å²) in [5.41, 5.74) is 4.17. The standard InChI is InChI=1S/C31H30N3O5P/c1-34-31(35)29-27(19-32-34)18-28(33-30(29)37-2)17-23-13-15-26(16-14-23)22-40(36,38-20-24-9-5-3-6-10-24)39-21-25-11-7-4-8-12-25/h3-16,18-19H,17,20-22H2,1-2H3. The third-order valence-corrected chi connectivity index (χ3v) is 8.26. The van der Waals surface area contributed by atoms with Gasteiger partial charge in [-0.25, -0.2) is 9.67 Å². The summed E-state index contributed by atoms with van der Waals surface area (Å²) in [4.78, 5) is 17.1. The van der Waals surface area contributed by atoms with E-state index in [9.17, 15) is 9.36 Å². The largest absolute Gasteiger partial charge is 0.480 e. The molecule has 0 aliphatic heterocycles. The van der Waals surface area contributed by atoms with Crippen LogP contribution in [0.5, 0.6) is 5.88 Å². The lowest BCUT2D eigenvalue weighted by atomic mass is 10.1. The Balaban J connectivity index is 1.32. The number of fused-ring (bicyclic) bond motifs is 1. The number of nitrogens with zero attached hydrogens (tertiary/aromatic N) is 3. The van der Waals surface area contributed by atoms with Crippen molar-refractivity contribution in [3.05, 3.63) is 135 Å². The number of aromatic nitrogens is 3. The zero-order chi connectivity index (χ0) is 28.0. The fourth-order valence-electron chi connectivity index (χ4n) is 4.33. The van der Waals surface area contributed by atoms with Gasteiger partial charge >= 0.3 is 7.60 Å². The van der Waals surface area contributed by atoms with Gasteiger partial charge in [0.15, 0.2) is 0 Å². The van der Waals surface area contributed by atoms with Crippen molar-refractivity contribution in [1.82, 2.24) is 14.8 Å². The van der Waals surface area contributed by atoms with E-state index >= 15 is 0 Å². The van der Waals surface area contributed by atoms with E-state index in [1.54, 1.807) is 13.2 Å². The van der Waals surface area contributed by atoms with Gasteiger partial charge in [-0.2, -0.15) is 5.10 Å². The summed E-state index contributed by atoms with van der Waals surface area (Å²) < 4.78 is 32.4. The first kappa shape index (κ1) is 27.5. The molecule has 0 bridgehead atoms. The second-order valence-electron chi connectivity index (χ2n) is 9.44. The molecule has 2 heterocycles. The first-order chi connectivity index (χ1) is 19.4. The second-order valence-corrected chi connectivity index (χ2v) is 11.5. The number of aryl methyl sites for hydroxylation is 1. The van der Waals surface area contributed by atoms with Crippen molar-refractivity contribution in [2.75, 3.05) is 7.11 Å². The van der Waals surface area contributed by atoms with Gasteiger partial charge in [0.25, 0.3) is 5.56 Å². The molecule has 0 amide bonds. The number of benzene rings is 3. The number of pyridine rings is 1. The highest BCUT2D eigenvalue weighted by atomic mass is 31.2. The van der Waals surface area contributed by atoms with Crippen LogP contribution in [0.2, 0.25) is 0 Å². The van der Waals surface area contributed by atoms with Crippen molar-refractivity contribution in [1.29, 1.82) is 0 Å². The molecule has 0 unspecified atom stereocenters. The number of ether oxygens (including phenoxy) is 1. The van der Waals surface area contributed by atoms with E-state index in [0.717, 1.165) is 27.9 Å². The highest BCUT2D eigenvalue weighted by molar-refractivity contribution is 7.52. The summed E-state index contributed by atoms with van der Waals surface area (Å²) >= 11 is 0. The normalized spacial score (nSPS) is 11.6. The lowest BCUT2D eigenvalue weighted by Gasteiger charge is -2.19. The Bertz CT molecular complexity index is 1640. The predicted octanol–water partition coefficient (Wildman–Crippen LogP) is 6.05. The molecule has 0 radical (unpaired) electrons. The molecule has 8 nitrogen and oxygen atoms in total. The van der Waals surface area contributed by atoms with Crippen LogP contribution < -0.4 is 10.3 Å². The van der Waals surface area contributed by atoms with Gasteiger partial charge in [-0.15, -0.1) is 0 Å². The Labute approximate surface area is 232 Å². The maximum atomic E-state index is 13.9. The molecule has 9 heteroatoms. The van der Waals surface area contributed by atoms with Crippen molar-refractivity contribution in [3.63, 3.8) is 0 Å². The zero-order valence-electron chi connectivity index (χ0n) is 22.4. The third-order valence-electron chi connectivity index (χ3n) is 6.47. The van der Waals surface area contributed by atoms with Gasteiger partial charge in [0.1, 0.15) is 5.39 Å². The summed E-state index contributed by atoms with van der Waals surface area (Å²) in [5.74, 6) is 0.277. The van der Waals surface area contributed by atoms with Gasteiger partial charge in [0.2, 0.25) is 5.88 Å². The molecule has 0 saturated heterocycles. The molecule has 204 valence electrons. The van der Waals surface area contributed by atoms with Crippen LogP contribution in [-0.2, 0) is 46.5 Å². The molecule has 0 fully saturated rings. The van der Waals surface area contributed by atoms with Crippen molar-refractivity contribution in [2.24, 2.45) is 7.05 Å². The molecule has 0 aliphatic rings. The van der Waals surface area contributed by atoms with E-state index in [2.05, 4.69) is 10.1 Å². The lowest BCUT2D eigenvalue weighted by molar-refractivity contribution is 0.190. The van der Waals surface area contributed by atoms with Gasteiger partial charge in [0.05, 0.1) is 32.7 Å². The van der Waals surface area contributed by atoms with E-state index in [4.69, 9.17) is 13.8 Å². The topological polar surface area (TPSA) is 92.5 Å². The van der Waals surface area contributed by atoms with Crippen LogP contribution in [0.3, 0.4) is 0 Å². The maximum absolute atomic E-state index is 13.9. The average molecular weight is 556 g/mol. The minimum Gasteiger partial charge on any atom is -0.480 e. The van der Waals surface area contributed by atoms with Crippen molar-refractivity contribution in [2.45, 2.75) is 25.8 Å². The highest BCUT2D eigenvalue weighted by Crippen LogP contribution is 2.52. The molecule has 0 spiro atoms. The Hall–Kier alpha value is -4.10. The first-order valence-electron chi connectivity index (χ1n) is 12.9. The monoisotopic (exact) mass is 555 g/mol. The summed E-state index contributed by atoms with van der Waals surface area (Å²) in [5, 5.41) is 5.19. The van der Waals surface area contributed by atoms with E-state index < -0.39 is 7.60 Å². The molecular formula is C31H30N3O5P. The maximum Gasteiger partial charge on any atom is 0.335 e. The molecule has 0 atom stereocenters. The fraction of sp³-hybridized carbons (Fsp3) is 0.194. The quantitative estimate of drug-likeness (QED) is 0.183. The Morgan fingerprint density at radius 2 is 1.38 bits per heavy atom. The number of hydrogen-bond donors (Lipinski definition) is 0. The first-order valence-corrected chi connectivity index (χ1v) is 14.6. The van der Waals surface area contributed by atoms with E-state index in [-0.39, 0.29) is 30.8 Å². The summed E-state index contributed by atoms with van der Waals surface area (Å²) in [6, 6.07) is 28.9. The molecule has 0 saturated carbocycles. The SMILES string of the molecule is COc1nc(Cc2ccc(CP(=O)(OCc3ccccc3)OCc3ccccc3)cc2)cc2cnn(C)c(=O)c12. The smallest absolute Gasteiger partial charge is 0.335 e.